The van der Waals surface area contributed by atoms with Crippen molar-refractivity contribution in [2.45, 2.75) is 60.4 Å². The van der Waals surface area contributed by atoms with Gasteiger partial charge in [0.1, 0.15) is 5.75 Å². The lowest BCUT2D eigenvalue weighted by Crippen LogP contribution is -2.56. The summed E-state index contributed by atoms with van der Waals surface area (Å²) in [4.78, 5) is 26.6. The van der Waals surface area contributed by atoms with Gasteiger partial charge in [0.15, 0.2) is 0 Å². The molecule has 0 saturated carbocycles. The summed E-state index contributed by atoms with van der Waals surface area (Å²) in [6.45, 7) is 12.3. The van der Waals surface area contributed by atoms with Crippen LogP contribution < -0.4 is 10.2 Å². The van der Waals surface area contributed by atoms with Gasteiger partial charge in [0, 0.05) is 11.1 Å². The number of methoxy groups -OCH3 is 1. The third-order valence-corrected chi connectivity index (χ3v) is 5.14. The van der Waals surface area contributed by atoms with Gasteiger partial charge in [-0.2, -0.15) is 0 Å². The molecule has 30 heavy (non-hydrogen) atoms. The molecule has 0 aromatic heterocycles. The van der Waals surface area contributed by atoms with Crippen molar-refractivity contribution < 1.29 is 14.3 Å². The number of rotatable bonds is 6. The van der Waals surface area contributed by atoms with Crippen LogP contribution in [-0.4, -0.2) is 30.0 Å². The van der Waals surface area contributed by atoms with Crippen LogP contribution in [0.5, 0.6) is 5.75 Å². The molecule has 5 heteroatoms. The van der Waals surface area contributed by atoms with Crippen molar-refractivity contribution in [1.29, 1.82) is 0 Å². The minimum atomic E-state index is -0.319. The number of aryl methyl sites for hydroxylation is 2. The standard InChI is InChI=1S/C25H34N2O3/c1-8-9-22(25(4,5)6)27(24(29)20-15-17(2)14-18(3)16-20)26-23(28)19-10-12-21(30-7)13-11-19/h10-16,22H,8-9H2,1-7H3,(H,26,28)/t22-/m1/s1. The second-order valence-corrected chi connectivity index (χ2v) is 8.89. The van der Waals surface area contributed by atoms with Crippen LogP contribution >= 0.6 is 0 Å². The molecular weight excluding hydrogens is 376 g/mol. The molecule has 5 nitrogen and oxygen atoms in total. The smallest absolute Gasteiger partial charge is 0.272 e. The molecule has 2 aromatic rings. The van der Waals surface area contributed by atoms with E-state index in [1.165, 1.54) is 5.01 Å². The van der Waals surface area contributed by atoms with Gasteiger partial charge in [0.2, 0.25) is 0 Å². The van der Waals surface area contributed by atoms with Gasteiger partial charge in [-0.25, -0.2) is 5.01 Å². The Morgan fingerprint density at radius 1 is 1.00 bits per heavy atom. The van der Waals surface area contributed by atoms with E-state index >= 15 is 0 Å². The van der Waals surface area contributed by atoms with Crippen LogP contribution in [0.1, 0.15) is 72.4 Å². The highest BCUT2D eigenvalue weighted by molar-refractivity contribution is 5.99. The molecule has 0 heterocycles. The summed E-state index contributed by atoms with van der Waals surface area (Å²) < 4.78 is 5.17. The Balaban J connectivity index is 2.43. The van der Waals surface area contributed by atoms with Crippen LogP contribution in [0.3, 0.4) is 0 Å². The lowest BCUT2D eigenvalue weighted by Gasteiger charge is -2.40. The van der Waals surface area contributed by atoms with Crippen molar-refractivity contribution in [2.24, 2.45) is 5.41 Å². The first-order valence-electron chi connectivity index (χ1n) is 10.4. The van der Waals surface area contributed by atoms with Crippen LogP contribution in [0.4, 0.5) is 0 Å². The molecule has 0 saturated heterocycles. The van der Waals surface area contributed by atoms with Gasteiger partial charge in [-0.3, -0.25) is 15.0 Å². The number of hydrogen-bond donors (Lipinski definition) is 1. The summed E-state index contributed by atoms with van der Waals surface area (Å²) in [5.74, 6) is 0.158. The summed E-state index contributed by atoms with van der Waals surface area (Å²) in [5.41, 5.74) is 5.77. The molecule has 0 aliphatic rings. The molecule has 162 valence electrons. The maximum atomic E-state index is 13.6. The van der Waals surface area contributed by atoms with Crippen molar-refractivity contribution >= 4 is 11.8 Å². The predicted molar refractivity (Wildman–Crippen MR) is 121 cm³/mol. The topological polar surface area (TPSA) is 58.6 Å². The molecule has 2 rings (SSSR count). The number of hydrazine groups is 1. The van der Waals surface area contributed by atoms with E-state index < -0.39 is 0 Å². The number of nitrogens with zero attached hydrogens (tertiary/aromatic N) is 1. The summed E-state index contributed by atoms with van der Waals surface area (Å²) in [5, 5.41) is 1.53. The summed E-state index contributed by atoms with van der Waals surface area (Å²) in [7, 11) is 1.58. The van der Waals surface area contributed by atoms with Gasteiger partial charge >= 0.3 is 0 Å². The Morgan fingerprint density at radius 3 is 2.03 bits per heavy atom. The Labute approximate surface area is 180 Å². The van der Waals surface area contributed by atoms with Crippen molar-refractivity contribution in [3.05, 3.63) is 64.7 Å². The zero-order valence-corrected chi connectivity index (χ0v) is 19.2. The van der Waals surface area contributed by atoms with E-state index in [1.54, 1.807) is 31.4 Å². The lowest BCUT2D eigenvalue weighted by atomic mass is 9.83. The van der Waals surface area contributed by atoms with E-state index in [0.717, 1.165) is 24.0 Å². The van der Waals surface area contributed by atoms with Gasteiger partial charge in [-0.15, -0.1) is 0 Å². The Kier molecular flexibility index (Phi) is 7.65. The normalized spacial score (nSPS) is 12.2. The van der Waals surface area contributed by atoms with E-state index in [1.807, 2.05) is 32.0 Å². The Bertz CT molecular complexity index is 862. The van der Waals surface area contributed by atoms with Crippen molar-refractivity contribution in [1.82, 2.24) is 10.4 Å². The van der Waals surface area contributed by atoms with Crippen LogP contribution in [0.15, 0.2) is 42.5 Å². The second-order valence-electron chi connectivity index (χ2n) is 8.89. The number of carbonyl (C=O) groups excluding carboxylic acids is 2. The highest BCUT2D eigenvalue weighted by Gasteiger charge is 2.35. The SMILES string of the molecule is CCC[C@@H](N(NC(=O)c1ccc(OC)cc1)C(=O)c1cc(C)cc(C)c1)C(C)(C)C. The van der Waals surface area contributed by atoms with Crippen LogP contribution in [0.25, 0.3) is 0 Å². The first-order valence-corrected chi connectivity index (χ1v) is 10.4. The fraction of sp³-hybridized carbons (Fsp3) is 0.440. The van der Waals surface area contributed by atoms with Crippen molar-refractivity contribution in [3.8, 4) is 5.75 Å². The number of carbonyl (C=O) groups is 2. The van der Waals surface area contributed by atoms with Gasteiger partial charge in [-0.1, -0.05) is 51.3 Å². The zero-order valence-electron chi connectivity index (χ0n) is 19.2. The van der Waals surface area contributed by atoms with Gasteiger partial charge < -0.3 is 4.74 Å². The third kappa shape index (κ3) is 5.85. The van der Waals surface area contributed by atoms with E-state index in [9.17, 15) is 9.59 Å². The number of hydrogen-bond acceptors (Lipinski definition) is 3. The molecule has 1 N–H and O–H groups in total. The van der Waals surface area contributed by atoms with Gasteiger partial charge in [0.25, 0.3) is 11.8 Å². The molecule has 1 atom stereocenters. The average Bonchev–Trinajstić information content (AvgIpc) is 2.68. The number of ether oxygens (including phenoxy) is 1. The first-order chi connectivity index (χ1) is 14.1. The molecular formula is C25H34N2O3. The molecule has 0 aliphatic heterocycles. The molecule has 0 aliphatic carbocycles. The number of amides is 2. The van der Waals surface area contributed by atoms with E-state index in [4.69, 9.17) is 4.74 Å². The zero-order chi connectivity index (χ0) is 22.5. The summed E-state index contributed by atoms with van der Waals surface area (Å²) >= 11 is 0. The van der Waals surface area contributed by atoms with Crippen LogP contribution in [-0.2, 0) is 0 Å². The predicted octanol–water partition coefficient (Wildman–Crippen LogP) is 5.31. The quantitative estimate of drug-likeness (QED) is 0.656. The van der Waals surface area contributed by atoms with E-state index in [2.05, 4.69) is 33.1 Å². The highest BCUT2D eigenvalue weighted by atomic mass is 16.5. The molecule has 2 aromatic carbocycles. The summed E-state index contributed by atoms with van der Waals surface area (Å²) in [6, 6.07) is 12.5. The molecule has 0 unspecified atom stereocenters. The fourth-order valence-corrected chi connectivity index (χ4v) is 3.65. The maximum absolute atomic E-state index is 13.6. The fourth-order valence-electron chi connectivity index (χ4n) is 3.65. The Hall–Kier alpha value is -2.82. The minimum absolute atomic E-state index is 0.155. The molecule has 0 bridgehead atoms. The summed E-state index contributed by atoms with van der Waals surface area (Å²) in [6.07, 6.45) is 1.68. The van der Waals surface area contributed by atoms with Gasteiger partial charge in [-0.05, 0) is 62.1 Å². The van der Waals surface area contributed by atoms with Gasteiger partial charge in [0.05, 0.1) is 13.2 Å². The number of benzene rings is 2. The van der Waals surface area contributed by atoms with E-state index in [0.29, 0.717) is 16.9 Å². The van der Waals surface area contributed by atoms with E-state index in [-0.39, 0.29) is 23.3 Å². The monoisotopic (exact) mass is 410 g/mol. The highest BCUT2D eigenvalue weighted by Crippen LogP contribution is 2.29. The van der Waals surface area contributed by atoms with Crippen molar-refractivity contribution in [2.75, 3.05) is 7.11 Å². The molecule has 0 fully saturated rings. The maximum Gasteiger partial charge on any atom is 0.272 e. The number of nitrogens with one attached hydrogen (secondary N) is 1. The van der Waals surface area contributed by atoms with Crippen LogP contribution in [0.2, 0.25) is 0 Å². The van der Waals surface area contributed by atoms with Crippen molar-refractivity contribution in [3.63, 3.8) is 0 Å². The molecule has 0 spiro atoms. The van der Waals surface area contributed by atoms with Crippen LogP contribution in [0, 0.1) is 19.3 Å². The minimum Gasteiger partial charge on any atom is -0.497 e. The third-order valence-electron chi connectivity index (χ3n) is 5.14. The second kappa shape index (κ2) is 9.79. The largest absolute Gasteiger partial charge is 0.497 e. The first kappa shape index (κ1) is 23.5. The molecule has 0 radical (unpaired) electrons. The molecule has 2 amide bonds. The lowest BCUT2D eigenvalue weighted by molar-refractivity contribution is 0.0271. The Morgan fingerprint density at radius 2 is 1.57 bits per heavy atom. The average molecular weight is 411 g/mol.